The van der Waals surface area contributed by atoms with Crippen LogP contribution in [0.1, 0.15) is 30.5 Å². The van der Waals surface area contributed by atoms with Crippen LogP contribution in [-0.2, 0) is 0 Å². The Morgan fingerprint density at radius 1 is 1.19 bits per heavy atom. The third-order valence-corrected chi connectivity index (χ3v) is 6.11. The van der Waals surface area contributed by atoms with Crippen LogP contribution in [0.3, 0.4) is 0 Å². The Balaban J connectivity index is 1.45. The Labute approximate surface area is 183 Å². The van der Waals surface area contributed by atoms with Crippen molar-refractivity contribution < 1.29 is 17.9 Å². The fourth-order valence-corrected chi connectivity index (χ4v) is 4.48. The van der Waals surface area contributed by atoms with E-state index in [2.05, 4.69) is 26.0 Å². The smallest absolute Gasteiger partial charge is 0.401 e. The monoisotopic (exact) mass is 443 g/mol. The van der Waals surface area contributed by atoms with Crippen LogP contribution in [0, 0.1) is 6.92 Å². The van der Waals surface area contributed by atoms with Crippen molar-refractivity contribution in [2.75, 3.05) is 26.2 Å². The van der Waals surface area contributed by atoms with Gasteiger partial charge in [-0.3, -0.25) is 14.9 Å². The van der Waals surface area contributed by atoms with E-state index in [0.717, 1.165) is 46.2 Å². The predicted molar refractivity (Wildman–Crippen MR) is 118 cm³/mol. The summed E-state index contributed by atoms with van der Waals surface area (Å²) in [4.78, 5) is 18.1. The van der Waals surface area contributed by atoms with Gasteiger partial charge < -0.3 is 9.72 Å². The minimum absolute atomic E-state index is 0.149. The van der Waals surface area contributed by atoms with Gasteiger partial charge in [-0.05, 0) is 49.5 Å². The molecule has 168 valence electrons. The lowest BCUT2D eigenvalue weighted by Gasteiger charge is -2.32. The Kier molecular flexibility index (Phi) is 5.36. The van der Waals surface area contributed by atoms with E-state index in [-0.39, 0.29) is 6.10 Å². The molecule has 1 fully saturated rings. The number of aliphatic imine (C=N–C) groups is 1. The van der Waals surface area contributed by atoms with Crippen LogP contribution in [-0.4, -0.2) is 64.5 Å². The van der Waals surface area contributed by atoms with E-state index >= 15 is 0 Å². The number of H-pyrrole nitrogens is 1. The molecule has 1 saturated heterocycles. The number of nitrogens with zero attached hydrogens (tertiary/aromatic N) is 4. The van der Waals surface area contributed by atoms with Gasteiger partial charge in [0.15, 0.2) is 5.75 Å². The third-order valence-electron chi connectivity index (χ3n) is 6.11. The highest BCUT2D eigenvalue weighted by molar-refractivity contribution is 6.10. The quantitative estimate of drug-likeness (QED) is 0.636. The van der Waals surface area contributed by atoms with Crippen LogP contribution in [0.2, 0.25) is 0 Å². The molecule has 9 heteroatoms. The minimum Gasteiger partial charge on any atom is -0.488 e. The number of nitrogens with one attached hydrogen (secondary N) is 1. The first kappa shape index (κ1) is 20.9. The summed E-state index contributed by atoms with van der Waals surface area (Å²) in [6, 6.07) is 2.12. The fourth-order valence-electron chi connectivity index (χ4n) is 4.48. The van der Waals surface area contributed by atoms with E-state index in [0.29, 0.717) is 31.7 Å². The average molecular weight is 443 g/mol. The lowest BCUT2D eigenvalue weighted by atomic mass is 10.0. The molecule has 6 nitrogen and oxygen atoms in total. The highest BCUT2D eigenvalue weighted by Gasteiger charge is 2.33. The lowest BCUT2D eigenvalue weighted by Crippen LogP contribution is -2.42. The first-order valence-electron chi connectivity index (χ1n) is 10.8. The van der Waals surface area contributed by atoms with E-state index in [1.54, 1.807) is 6.20 Å². The van der Waals surface area contributed by atoms with Crippen LogP contribution in [0.5, 0.6) is 5.75 Å². The summed E-state index contributed by atoms with van der Waals surface area (Å²) >= 11 is 0. The number of aryl methyl sites for hydroxylation is 1. The molecular weight excluding hydrogens is 419 g/mol. The van der Waals surface area contributed by atoms with Gasteiger partial charge in [0, 0.05) is 37.4 Å². The normalized spacial score (nSPS) is 18.4. The minimum atomic E-state index is -4.17. The molecule has 3 aromatic rings. The predicted octanol–water partition coefficient (Wildman–Crippen LogP) is 4.68. The number of fused-ring (bicyclic) bond motifs is 3. The standard InChI is InChI=1S/C23H24F3N5O/c1-14-21(32-17-4-8-31(9-5-17)13-23(24,25)26)20-18-10-16(15-2-6-27-7-3-15)11-29-22(18)30-19(20)12-28-14/h2,6,10-12,17H,3-5,7-9,13H2,1H3,(H,29,30). The lowest BCUT2D eigenvalue weighted by molar-refractivity contribution is -0.149. The second-order valence-corrected chi connectivity index (χ2v) is 8.41. The van der Waals surface area contributed by atoms with Crippen LogP contribution >= 0.6 is 0 Å². The molecular formula is C23H24F3N5O. The largest absolute Gasteiger partial charge is 0.488 e. The molecule has 0 aromatic carbocycles. The van der Waals surface area contributed by atoms with Crippen molar-refractivity contribution in [2.45, 2.75) is 38.5 Å². The van der Waals surface area contributed by atoms with Crippen molar-refractivity contribution in [3.63, 3.8) is 0 Å². The molecule has 0 spiro atoms. The molecule has 0 aliphatic carbocycles. The van der Waals surface area contributed by atoms with Gasteiger partial charge in [-0.1, -0.05) is 0 Å². The van der Waals surface area contributed by atoms with Crippen molar-refractivity contribution >= 4 is 33.7 Å². The molecule has 2 aliphatic heterocycles. The Bertz CT molecular complexity index is 1210. The Hall–Kier alpha value is -2.94. The van der Waals surface area contributed by atoms with Crippen molar-refractivity contribution in [1.82, 2.24) is 19.9 Å². The number of hydrogen-bond donors (Lipinski definition) is 1. The number of aromatic amines is 1. The van der Waals surface area contributed by atoms with Crippen molar-refractivity contribution in [3.8, 4) is 5.75 Å². The molecule has 5 rings (SSSR count). The molecule has 3 aromatic heterocycles. The van der Waals surface area contributed by atoms with E-state index in [1.807, 2.05) is 25.4 Å². The Morgan fingerprint density at radius 3 is 2.72 bits per heavy atom. The highest BCUT2D eigenvalue weighted by Crippen LogP contribution is 2.37. The van der Waals surface area contributed by atoms with E-state index in [1.165, 1.54) is 10.5 Å². The van der Waals surface area contributed by atoms with E-state index in [9.17, 15) is 13.2 Å². The molecule has 2 aliphatic rings. The average Bonchev–Trinajstić information content (AvgIpc) is 3.14. The first-order valence-corrected chi connectivity index (χ1v) is 10.8. The molecule has 0 saturated carbocycles. The molecule has 0 radical (unpaired) electrons. The number of hydrogen-bond acceptors (Lipinski definition) is 5. The summed E-state index contributed by atoms with van der Waals surface area (Å²) < 4.78 is 44.4. The van der Waals surface area contributed by atoms with Gasteiger partial charge >= 0.3 is 6.18 Å². The number of likely N-dealkylation sites (tertiary alicyclic amines) is 1. The number of piperidine rings is 1. The molecule has 0 atom stereocenters. The van der Waals surface area contributed by atoms with Crippen molar-refractivity contribution in [1.29, 1.82) is 0 Å². The number of allylic oxidation sites excluding steroid dienone is 1. The third kappa shape index (κ3) is 4.21. The molecule has 1 N–H and O–H groups in total. The number of pyridine rings is 2. The van der Waals surface area contributed by atoms with Gasteiger partial charge in [-0.15, -0.1) is 0 Å². The summed E-state index contributed by atoms with van der Waals surface area (Å²) in [5.41, 5.74) is 4.58. The number of ether oxygens (including phenoxy) is 1. The maximum Gasteiger partial charge on any atom is 0.401 e. The maximum atomic E-state index is 12.7. The maximum absolute atomic E-state index is 12.7. The molecule has 32 heavy (non-hydrogen) atoms. The second-order valence-electron chi connectivity index (χ2n) is 8.41. The van der Waals surface area contributed by atoms with Gasteiger partial charge in [0.25, 0.3) is 0 Å². The number of dihydropyridines is 1. The summed E-state index contributed by atoms with van der Waals surface area (Å²) in [5, 5.41) is 1.88. The highest BCUT2D eigenvalue weighted by atomic mass is 19.4. The van der Waals surface area contributed by atoms with Crippen LogP contribution in [0.4, 0.5) is 13.2 Å². The summed E-state index contributed by atoms with van der Waals surface area (Å²) in [5.74, 6) is 0.682. The molecule has 0 amide bonds. The molecule has 0 unspecified atom stereocenters. The number of rotatable bonds is 4. The van der Waals surface area contributed by atoms with Gasteiger partial charge in [0.1, 0.15) is 11.8 Å². The van der Waals surface area contributed by atoms with Crippen LogP contribution in [0.25, 0.3) is 27.5 Å². The number of aromatic nitrogens is 3. The van der Waals surface area contributed by atoms with Gasteiger partial charge in [0.2, 0.25) is 0 Å². The SMILES string of the molecule is Cc1ncc2[nH]c3ncc(C4=CC=NCC4)cc3c2c1OC1CCN(CC(F)(F)F)CC1. The topological polar surface area (TPSA) is 66.4 Å². The Morgan fingerprint density at radius 2 is 2.00 bits per heavy atom. The zero-order chi connectivity index (χ0) is 22.3. The van der Waals surface area contributed by atoms with Crippen LogP contribution < -0.4 is 4.74 Å². The number of alkyl halides is 3. The van der Waals surface area contributed by atoms with E-state index in [4.69, 9.17) is 4.74 Å². The zero-order valence-electron chi connectivity index (χ0n) is 17.7. The zero-order valence-corrected chi connectivity index (χ0v) is 17.7. The molecule has 5 heterocycles. The van der Waals surface area contributed by atoms with E-state index < -0.39 is 12.7 Å². The summed E-state index contributed by atoms with van der Waals surface area (Å²) in [6.45, 7) is 2.52. The summed E-state index contributed by atoms with van der Waals surface area (Å²) in [7, 11) is 0. The second kappa shape index (κ2) is 8.20. The van der Waals surface area contributed by atoms with Crippen LogP contribution in [0.15, 0.2) is 29.5 Å². The van der Waals surface area contributed by atoms with Gasteiger partial charge in [-0.25, -0.2) is 4.98 Å². The summed E-state index contributed by atoms with van der Waals surface area (Å²) in [6.07, 6.45) is 5.11. The fraction of sp³-hybridized carbons (Fsp3) is 0.435. The van der Waals surface area contributed by atoms with Gasteiger partial charge in [0.05, 0.1) is 29.3 Å². The number of halogens is 3. The first-order chi connectivity index (χ1) is 15.4. The molecule has 0 bridgehead atoms. The van der Waals surface area contributed by atoms with Gasteiger partial charge in [-0.2, -0.15) is 13.2 Å². The van der Waals surface area contributed by atoms with Crippen molar-refractivity contribution in [3.05, 3.63) is 35.8 Å². The van der Waals surface area contributed by atoms with Crippen molar-refractivity contribution in [2.24, 2.45) is 4.99 Å².